The van der Waals surface area contributed by atoms with Crippen LogP contribution in [0.3, 0.4) is 0 Å². The highest BCUT2D eigenvalue weighted by Gasteiger charge is 2.52. The summed E-state index contributed by atoms with van der Waals surface area (Å²) in [6, 6.07) is 18.0. The summed E-state index contributed by atoms with van der Waals surface area (Å²) in [6.45, 7) is 9.56. The minimum atomic E-state index is -1.06. The van der Waals surface area contributed by atoms with Gasteiger partial charge in [-0.25, -0.2) is 0 Å². The zero-order chi connectivity index (χ0) is 29.1. The summed E-state index contributed by atoms with van der Waals surface area (Å²) in [7, 11) is 3.30. The van der Waals surface area contributed by atoms with Crippen LogP contribution in [0.15, 0.2) is 66.7 Å². The van der Waals surface area contributed by atoms with Crippen molar-refractivity contribution in [3.63, 3.8) is 0 Å². The number of hydrogen-bond acceptors (Lipinski definition) is 7. The average Bonchev–Trinajstić information content (AvgIpc) is 2.99. The van der Waals surface area contributed by atoms with Gasteiger partial charge in [0.25, 0.3) is 0 Å². The maximum absolute atomic E-state index is 10.3. The van der Waals surface area contributed by atoms with Gasteiger partial charge in [-0.15, -0.1) is 0 Å². The molecule has 7 heteroatoms. The molecule has 0 amide bonds. The first kappa shape index (κ1) is 32.3. The molecule has 2 N–H and O–H groups in total. The second-order valence-corrected chi connectivity index (χ2v) is 10.9. The Morgan fingerprint density at radius 2 is 1.68 bits per heavy atom. The Morgan fingerprint density at radius 3 is 2.27 bits per heavy atom. The van der Waals surface area contributed by atoms with E-state index in [1.165, 1.54) is 0 Å². The molecular formula is C33H48O7. The third-order valence-electron chi connectivity index (χ3n) is 8.19. The van der Waals surface area contributed by atoms with Crippen molar-refractivity contribution in [2.24, 2.45) is 23.7 Å². The SMILES string of the molecule is CC[C@@H](/C=C\C1(OC)O[C@@H]([C@@H](C)COCc2ccc(OC)cc2)[C@@H](C)[C@@H](OCc2ccccc2)[C@@H]1C)[C@H](O)CO. The Bertz CT molecular complexity index is 1010. The first-order chi connectivity index (χ1) is 19.3. The molecule has 0 aliphatic carbocycles. The van der Waals surface area contributed by atoms with Gasteiger partial charge in [-0.2, -0.15) is 0 Å². The lowest BCUT2D eigenvalue weighted by molar-refractivity contribution is -0.318. The molecule has 1 saturated heterocycles. The first-order valence-electron chi connectivity index (χ1n) is 14.4. The van der Waals surface area contributed by atoms with Crippen LogP contribution < -0.4 is 4.74 Å². The normalized spacial score (nSPS) is 27.4. The van der Waals surface area contributed by atoms with Crippen LogP contribution in [0.5, 0.6) is 5.75 Å². The molecule has 1 heterocycles. The molecule has 2 aromatic rings. The van der Waals surface area contributed by atoms with E-state index < -0.39 is 11.9 Å². The van der Waals surface area contributed by atoms with Gasteiger partial charge < -0.3 is 33.9 Å². The van der Waals surface area contributed by atoms with E-state index in [0.717, 1.165) is 16.9 Å². The van der Waals surface area contributed by atoms with E-state index in [1.807, 2.05) is 61.5 Å². The van der Waals surface area contributed by atoms with Crippen molar-refractivity contribution in [2.45, 2.75) is 71.4 Å². The standard InChI is InChI=1S/C33H48O7/c1-7-28(30(35)19-34)17-18-33(37-6)25(4)32(39-22-26-11-9-8-10-12-26)24(3)31(40-33)23(2)20-38-21-27-13-15-29(36-5)16-14-27/h8-18,23-25,28,30-32,34-35H,7,19-22H2,1-6H3/b18-17-/t23-,24+,25-,28-,30+,31-,32+,33?/m0/s1. The highest BCUT2D eigenvalue weighted by Crippen LogP contribution is 2.43. The molecule has 2 aromatic carbocycles. The van der Waals surface area contributed by atoms with Crippen LogP contribution in [-0.2, 0) is 32.2 Å². The predicted octanol–water partition coefficient (Wildman–Crippen LogP) is 5.38. The Balaban J connectivity index is 1.80. The zero-order valence-electron chi connectivity index (χ0n) is 24.9. The van der Waals surface area contributed by atoms with Crippen LogP contribution in [0.25, 0.3) is 0 Å². The number of aliphatic hydroxyl groups is 2. The smallest absolute Gasteiger partial charge is 0.192 e. The van der Waals surface area contributed by atoms with E-state index in [2.05, 4.69) is 32.9 Å². The summed E-state index contributed by atoms with van der Waals surface area (Å²) in [5.41, 5.74) is 2.18. The number of rotatable bonds is 15. The minimum absolute atomic E-state index is 0.0523. The molecule has 0 radical (unpaired) electrons. The Morgan fingerprint density at radius 1 is 1.00 bits per heavy atom. The van der Waals surface area contributed by atoms with Gasteiger partial charge in [0.1, 0.15) is 5.75 Å². The number of hydrogen-bond donors (Lipinski definition) is 2. The fraction of sp³-hybridized carbons (Fsp3) is 0.576. The van der Waals surface area contributed by atoms with Crippen molar-refractivity contribution >= 4 is 0 Å². The van der Waals surface area contributed by atoms with Crippen molar-refractivity contribution in [2.75, 3.05) is 27.4 Å². The van der Waals surface area contributed by atoms with Gasteiger partial charge in [0.2, 0.25) is 0 Å². The van der Waals surface area contributed by atoms with Crippen LogP contribution >= 0.6 is 0 Å². The average molecular weight is 557 g/mol. The van der Waals surface area contributed by atoms with Gasteiger partial charge in [-0.1, -0.05) is 76.2 Å². The molecule has 1 unspecified atom stereocenters. The van der Waals surface area contributed by atoms with Gasteiger partial charge >= 0.3 is 0 Å². The summed E-state index contributed by atoms with van der Waals surface area (Å²) in [5.74, 6) is -0.486. The van der Waals surface area contributed by atoms with E-state index in [4.69, 9.17) is 23.7 Å². The molecule has 0 saturated carbocycles. The lowest BCUT2D eigenvalue weighted by Gasteiger charge is -2.51. The predicted molar refractivity (Wildman–Crippen MR) is 156 cm³/mol. The molecule has 7 nitrogen and oxygen atoms in total. The Hall–Kier alpha value is -2.26. The summed E-state index contributed by atoms with van der Waals surface area (Å²) in [5, 5.41) is 19.8. The van der Waals surface area contributed by atoms with E-state index in [9.17, 15) is 10.2 Å². The first-order valence-corrected chi connectivity index (χ1v) is 14.4. The maximum atomic E-state index is 10.3. The molecule has 0 bridgehead atoms. The van der Waals surface area contributed by atoms with Gasteiger partial charge in [0, 0.05) is 30.8 Å². The fourth-order valence-electron chi connectivity index (χ4n) is 5.60. The third-order valence-corrected chi connectivity index (χ3v) is 8.19. The van der Waals surface area contributed by atoms with Crippen molar-refractivity contribution in [1.29, 1.82) is 0 Å². The molecule has 0 aromatic heterocycles. The summed E-state index contributed by atoms with van der Waals surface area (Å²) in [4.78, 5) is 0. The lowest BCUT2D eigenvalue weighted by atomic mass is 9.76. The molecule has 1 aliphatic heterocycles. The topological polar surface area (TPSA) is 86.6 Å². The quantitative estimate of drug-likeness (QED) is 0.285. The molecule has 0 spiro atoms. The highest BCUT2D eigenvalue weighted by molar-refractivity contribution is 5.26. The molecule has 3 rings (SSSR count). The lowest BCUT2D eigenvalue weighted by Crippen LogP contribution is -2.59. The second kappa shape index (κ2) is 15.7. The molecule has 40 heavy (non-hydrogen) atoms. The van der Waals surface area contributed by atoms with Gasteiger partial charge in [-0.05, 0) is 35.8 Å². The van der Waals surface area contributed by atoms with Crippen molar-refractivity contribution < 1.29 is 33.9 Å². The monoisotopic (exact) mass is 556 g/mol. The van der Waals surface area contributed by atoms with Crippen molar-refractivity contribution in [3.8, 4) is 5.75 Å². The molecule has 1 fully saturated rings. The number of benzene rings is 2. The van der Waals surface area contributed by atoms with Gasteiger partial charge in [0.15, 0.2) is 5.79 Å². The zero-order valence-corrected chi connectivity index (χ0v) is 24.9. The fourth-order valence-corrected chi connectivity index (χ4v) is 5.60. The van der Waals surface area contributed by atoms with E-state index in [0.29, 0.717) is 26.2 Å². The van der Waals surface area contributed by atoms with Crippen molar-refractivity contribution in [1.82, 2.24) is 0 Å². The summed E-state index contributed by atoms with van der Waals surface area (Å²) >= 11 is 0. The van der Waals surface area contributed by atoms with Crippen LogP contribution in [0.2, 0.25) is 0 Å². The second-order valence-electron chi connectivity index (χ2n) is 10.9. The molecule has 222 valence electrons. The van der Waals surface area contributed by atoms with Gasteiger partial charge in [0.05, 0.1) is 51.8 Å². The third kappa shape index (κ3) is 8.15. The van der Waals surface area contributed by atoms with Crippen molar-refractivity contribution in [3.05, 3.63) is 77.9 Å². The molecule has 8 atom stereocenters. The highest BCUT2D eigenvalue weighted by atomic mass is 16.7. The van der Waals surface area contributed by atoms with E-state index in [-0.39, 0.29) is 42.5 Å². The van der Waals surface area contributed by atoms with E-state index in [1.54, 1.807) is 14.2 Å². The summed E-state index contributed by atoms with van der Waals surface area (Å²) in [6.07, 6.45) is 3.28. The van der Waals surface area contributed by atoms with Crippen LogP contribution in [0.4, 0.5) is 0 Å². The van der Waals surface area contributed by atoms with E-state index >= 15 is 0 Å². The van der Waals surface area contributed by atoms with Crippen LogP contribution in [-0.4, -0.2) is 61.7 Å². The molecule has 1 aliphatic rings. The number of ether oxygens (including phenoxy) is 5. The maximum Gasteiger partial charge on any atom is 0.192 e. The minimum Gasteiger partial charge on any atom is -0.497 e. The Kier molecular flexibility index (Phi) is 12.6. The van der Waals surface area contributed by atoms with Gasteiger partial charge in [-0.3, -0.25) is 0 Å². The number of methoxy groups -OCH3 is 2. The van der Waals surface area contributed by atoms with Crippen LogP contribution in [0, 0.1) is 23.7 Å². The number of aliphatic hydroxyl groups excluding tert-OH is 2. The largest absolute Gasteiger partial charge is 0.497 e. The Labute approximate surface area is 240 Å². The summed E-state index contributed by atoms with van der Waals surface area (Å²) < 4.78 is 30.9. The van der Waals surface area contributed by atoms with Crippen LogP contribution in [0.1, 0.15) is 45.2 Å². The molecular weight excluding hydrogens is 508 g/mol.